The van der Waals surface area contributed by atoms with Crippen LogP contribution in [0.3, 0.4) is 0 Å². The van der Waals surface area contributed by atoms with Crippen LogP contribution in [0.15, 0.2) is 76.4 Å². The summed E-state index contributed by atoms with van der Waals surface area (Å²) in [4.78, 5) is 13.0. The predicted octanol–water partition coefficient (Wildman–Crippen LogP) is 4.72. The molecule has 2 heterocycles. The van der Waals surface area contributed by atoms with Gasteiger partial charge in [0.1, 0.15) is 17.3 Å². The van der Waals surface area contributed by atoms with Crippen molar-refractivity contribution < 1.29 is 13.6 Å². The van der Waals surface area contributed by atoms with Crippen LogP contribution in [0.2, 0.25) is 0 Å². The van der Waals surface area contributed by atoms with Gasteiger partial charge in [-0.15, -0.1) is 0 Å². The zero-order valence-electron chi connectivity index (χ0n) is 14.2. The number of hydrogen-bond donors (Lipinski definition) is 0. The fourth-order valence-corrected chi connectivity index (χ4v) is 3.18. The lowest BCUT2D eigenvalue weighted by atomic mass is 9.99. The summed E-state index contributed by atoms with van der Waals surface area (Å²) in [5, 5.41) is 5.84. The second-order valence-corrected chi connectivity index (χ2v) is 6.29. The Hall–Kier alpha value is -3.21. The number of amides is 1. The fourth-order valence-electron chi connectivity index (χ4n) is 3.18. The zero-order valence-corrected chi connectivity index (χ0v) is 14.2. The topological polar surface area (TPSA) is 45.8 Å². The van der Waals surface area contributed by atoms with E-state index in [4.69, 9.17) is 4.42 Å². The normalized spacial score (nSPS) is 16.6. The highest BCUT2D eigenvalue weighted by molar-refractivity contribution is 6.03. The van der Waals surface area contributed by atoms with Crippen LogP contribution in [0.5, 0.6) is 0 Å². The van der Waals surface area contributed by atoms with E-state index in [0.29, 0.717) is 17.9 Å². The van der Waals surface area contributed by atoms with E-state index in [-0.39, 0.29) is 11.6 Å². The molecule has 0 N–H and O–H groups in total. The first-order valence-corrected chi connectivity index (χ1v) is 8.39. The van der Waals surface area contributed by atoms with Gasteiger partial charge in [0, 0.05) is 6.42 Å². The minimum atomic E-state index is -0.554. The number of carbonyl (C=O) groups is 1. The summed E-state index contributed by atoms with van der Waals surface area (Å²) in [6.45, 7) is 2.00. The number of aryl methyl sites for hydroxylation is 1. The van der Waals surface area contributed by atoms with E-state index >= 15 is 0 Å². The molecule has 4 rings (SSSR count). The first kappa shape index (κ1) is 16.3. The minimum Gasteiger partial charge on any atom is -0.463 e. The molecule has 130 valence electrons. The molecule has 0 aliphatic carbocycles. The zero-order chi connectivity index (χ0) is 18.1. The average molecular weight is 348 g/mol. The third-order valence-corrected chi connectivity index (χ3v) is 4.46. The van der Waals surface area contributed by atoms with Crippen LogP contribution in [0.25, 0.3) is 0 Å². The summed E-state index contributed by atoms with van der Waals surface area (Å²) >= 11 is 0. The lowest BCUT2D eigenvalue weighted by molar-refractivity contribution is 0.0706. The van der Waals surface area contributed by atoms with Crippen molar-refractivity contribution in [3.05, 3.63) is 95.2 Å². The molecule has 1 atom stereocenters. The van der Waals surface area contributed by atoms with Crippen LogP contribution >= 0.6 is 0 Å². The molecule has 0 spiro atoms. The Morgan fingerprint density at radius 1 is 1.15 bits per heavy atom. The molecule has 0 bridgehead atoms. The lowest BCUT2D eigenvalue weighted by Gasteiger charge is -2.22. The number of halogens is 1. The summed E-state index contributed by atoms with van der Waals surface area (Å²) in [6.07, 6.45) is 2.08. The van der Waals surface area contributed by atoms with E-state index in [1.165, 1.54) is 17.1 Å². The molecule has 0 radical (unpaired) electrons. The predicted molar refractivity (Wildman–Crippen MR) is 96.4 cm³/mol. The highest BCUT2D eigenvalue weighted by atomic mass is 19.1. The molecule has 2 aromatic carbocycles. The quantitative estimate of drug-likeness (QED) is 0.687. The third kappa shape index (κ3) is 2.92. The maximum atomic E-state index is 14.1. The summed E-state index contributed by atoms with van der Waals surface area (Å²) in [5.41, 5.74) is 2.73. The van der Waals surface area contributed by atoms with Crippen LogP contribution in [-0.2, 0) is 0 Å². The van der Waals surface area contributed by atoms with Gasteiger partial charge in [-0.3, -0.25) is 4.79 Å². The molecule has 1 aliphatic heterocycles. The van der Waals surface area contributed by atoms with Crippen LogP contribution in [-0.4, -0.2) is 16.6 Å². The van der Waals surface area contributed by atoms with E-state index in [0.717, 1.165) is 11.1 Å². The van der Waals surface area contributed by atoms with Gasteiger partial charge in [0.15, 0.2) is 0 Å². The Morgan fingerprint density at radius 3 is 2.73 bits per heavy atom. The van der Waals surface area contributed by atoms with Gasteiger partial charge in [-0.2, -0.15) is 5.10 Å². The SMILES string of the molecule is Cc1cccc([C@H]2CC(c3ccco3)=NN2C(=O)c2ccccc2F)c1. The smallest absolute Gasteiger partial charge is 0.277 e. The molecule has 1 amide bonds. The van der Waals surface area contributed by atoms with E-state index in [2.05, 4.69) is 5.10 Å². The van der Waals surface area contributed by atoms with E-state index in [9.17, 15) is 9.18 Å². The van der Waals surface area contributed by atoms with Crippen LogP contribution in [0.4, 0.5) is 4.39 Å². The first-order chi connectivity index (χ1) is 12.6. The van der Waals surface area contributed by atoms with Crippen LogP contribution in [0, 0.1) is 12.7 Å². The number of rotatable bonds is 3. The molecule has 26 heavy (non-hydrogen) atoms. The van der Waals surface area contributed by atoms with E-state index < -0.39 is 11.7 Å². The van der Waals surface area contributed by atoms with Crippen molar-refractivity contribution >= 4 is 11.6 Å². The molecule has 1 aliphatic rings. The second-order valence-electron chi connectivity index (χ2n) is 6.29. The highest BCUT2D eigenvalue weighted by Gasteiger charge is 2.35. The Morgan fingerprint density at radius 2 is 2.00 bits per heavy atom. The van der Waals surface area contributed by atoms with Crippen molar-refractivity contribution in [1.82, 2.24) is 5.01 Å². The third-order valence-electron chi connectivity index (χ3n) is 4.46. The molecular weight excluding hydrogens is 331 g/mol. The largest absolute Gasteiger partial charge is 0.463 e. The number of hydrazone groups is 1. The van der Waals surface area contributed by atoms with Crippen LogP contribution in [0.1, 0.15) is 39.7 Å². The van der Waals surface area contributed by atoms with Crippen molar-refractivity contribution in [2.24, 2.45) is 5.10 Å². The van der Waals surface area contributed by atoms with Gasteiger partial charge < -0.3 is 4.42 Å². The minimum absolute atomic E-state index is 0.00889. The number of nitrogens with zero attached hydrogens (tertiary/aromatic N) is 2. The van der Waals surface area contributed by atoms with Gasteiger partial charge in [0.2, 0.25) is 0 Å². The molecule has 3 aromatic rings. The summed E-state index contributed by atoms with van der Waals surface area (Å²) in [5.74, 6) is -0.398. The fraction of sp³-hybridized carbons (Fsp3) is 0.143. The molecule has 0 unspecified atom stereocenters. The average Bonchev–Trinajstić information content (AvgIpc) is 3.31. The van der Waals surface area contributed by atoms with Crippen LogP contribution < -0.4 is 0 Å². The van der Waals surface area contributed by atoms with E-state index in [1.54, 1.807) is 24.5 Å². The Balaban J connectivity index is 1.76. The van der Waals surface area contributed by atoms with Crippen molar-refractivity contribution in [2.75, 3.05) is 0 Å². The van der Waals surface area contributed by atoms with Gasteiger partial charge in [0.05, 0.1) is 17.9 Å². The molecule has 0 saturated carbocycles. The van der Waals surface area contributed by atoms with E-state index in [1.807, 2.05) is 37.3 Å². The van der Waals surface area contributed by atoms with Gasteiger partial charge in [0.25, 0.3) is 5.91 Å². The molecule has 0 saturated heterocycles. The first-order valence-electron chi connectivity index (χ1n) is 8.39. The molecule has 0 fully saturated rings. The lowest BCUT2D eigenvalue weighted by Crippen LogP contribution is -2.27. The van der Waals surface area contributed by atoms with Gasteiger partial charge in [-0.25, -0.2) is 9.40 Å². The van der Waals surface area contributed by atoms with Gasteiger partial charge in [-0.1, -0.05) is 42.0 Å². The number of benzene rings is 2. The molecule has 4 nitrogen and oxygen atoms in total. The van der Waals surface area contributed by atoms with Crippen molar-refractivity contribution in [3.63, 3.8) is 0 Å². The molecule has 5 heteroatoms. The summed E-state index contributed by atoms with van der Waals surface area (Å²) in [6, 6.07) is 17.2. The number of hydrogen-bond acceptors (Lipinski definition) is 3. The van der Waals surface area contributed by atoms with Gasteiger partial charge >= 0.3 is 0 Å². The molecule has 1 aromatic heterocycles. The monoisotopic (exact) mass is 348 g/mol. The maximum absolute atomic E-state index is 14.1. The highest BCUT2D eigenvalue weighted by Crippen LogP contribution is 2.34. The van der Waals surface area contributed by atoms with Crippen molar-refractivity contribution in [3.8, 4) is 0 Å². The Bertz CT molecular complexity index is 979. The Labute approximate surface area is 150 Å². The summed E-state index contributed by atoms with van der Waals surface area (Å²) in [7, 11) is 0. The maximum Gasteiger partial charge on any atom is 0.277 e. The van der Waals surface area contributed by atoms with Crippen molar-refractivity contribution in [1.29, 1.82) is 0 Å². The van der Waals surface area contributed by atoms with Crippen molar-refractivity contribution in [2.45, 2.75) is 19.4 Å². The summed E-state index contributed by atoms with van der Waals surface area (Å²) < 4.78 is 19.6. The standard InChI is InChI=1S/C21H17FN2O2/c1-14-6-4-7-15(12-14)19-13-18(20-10-5-11-26-20)23-24(19)21(25)16-8-2-3-9-17(16)22/h2-12,19H,13H2,1H3/t19-/m1/s1. The van der Waals surface area contributed by atoms with Gasteiger partial charge in [-0.05, 0) is 36.8 Å². The number of furan rings is 1. The Kier molecular flexibility index (Phi) is 4.13. The number of carbonyl (C=O) groups excluding carboxylic acids is 1. The molecular formula is C21H17FN2O2. The second kappa shape index (κ2) is 6.59.